The van der Waals surface area contributed by atoms with Crippen LogP contribution < -0.4 is 11.1 Å². The molecule has 1 saturated heterocycles. The zero-order chi connectivity index (χ0) is 10.7. The lowest BCUT2D eigenvalue weighted by molar-refractivity contribution is -0.127. The first-order valence-corrected chi connectivity index (χ1v) is 5.91. The third kappa shape index (κ3) is 2.69. The molecule has 1 aliphatic heterocycles. The van der Waals surface area contributed by atoms with E-state index >= 15 is 0 Å². The van der Waals surface area contributed by atoms with Gasteiger partial charge in [0.05, 0.1) is 18.6 Å². The SMILES string of the molecule is NC1CCCCC1C(=O)NC1CCOC1. The van der Waals surface area contributed by atoms with Gasteiger partial charge < -0.3 is 15.8 Å². The highest BCUT2D eigenvalue weighted by atomic mass is 16.5. The Kier molecular flexibility index (Phi) is 3.59. The third-order valence-corrected chi connectivity index (χ3v) is 3.43. The number of nitrogens with two attached hydrogens (primary N) is 1. The highest BCUT2D eigenvalue weighted by molar-refractivity contribution is 5.79. The van der Waals surface area contributed by atoms with E-state index in [0.717, 1.165) is 38.7 Å². The Balaban J connectivity index is 1.83. The minimum atomic E-state index is 0.0272. The van der Waals surface area contributed by atoms with Crippen LogP contribution in [-0.2, 0) is 9.53 Å². The zero-order valence-corrected chi connectivity index (χ0v) is 9.08. The summed E-state index contributed by atoms with van der Waals surface area (Å²) in [6.07, 6.45) is 5.16. The molecule has 2 aliphatic rings. The molecule has 1 saturated carbocycles. The average Bonchev–Trinajstić information content (AvgIpc) is 2.71. The van der Waals surface area contributed by atoms with E-state index in [9.17, 15) is 4.79 Å². The van der Waals surface area contributed by atoms with Gasteiger partial charge >= 0.3 is 0 Å². The first-order chi connectivity index (χ1) is 7.27. The van der Waals surface area contributed by atoms with Crippen LogP contribution >= 0.6 is 0 Å². The Morgan fingerprint density at radius 2 is 2.07 bits per heavy atom. The van der Waals surface area contributed by atoms with E-state index in [1.165, 1.54) is 0 Å². The van der Waals surface area contributed by atoms with E-state index in [1.807, 2.05) is 0 Å². The summed E-state index contributed by atoms with van der Waals surface area (Å²) in [7, 11) is 0. The molecule has 2 fully saturated rings. The predicted molar refractivity (Wildman–Crippen MR) is 57.3 cm³/mol. The van der Waals surface area contributed by atoms with E-state index in [-0.39, 0.29) is 23.9 Å². The summed E-state index contributed by atoms with van der Waals surface area (Å²) in [6, 6.07) is 0.271. The quantitative estimate of drug-likeness (QED) is 0.696. The summed E-state index contributed by atoms with van der Waals surface area (Å²) in [5, 5.41) is 3.04. The lowest BCUT2D eigenvalue weighted by Gasteiger charge is -2.28. The summed E-state index contributed by atoms with van der Waals surface area (Å²) in [4.78, 5) is 11.9. The number of nitrogens with one attached hydrogen (secondary N) is 1. The average molecular weight is 212 g/mol. The van der Waals surface area contributed by atoms with Crippen molar-refractivity contribution in [1.29, 1.82) is 0 Å². The van der Waals surface area contributed by atoms with Gasteiger partial charge in [0, 0.05) is 12.6 Å². The molecule has 4 nitrogen and oxygen atoms in total. The lowest BCUT2D eigenvalue weighted by Crippen LogP contribution is -2.47. The van der Waals surface area contributed by atoms with Crippen molar-refractivity contribution < 1.29 is 9.53 Å². The molecule has 3 N–H and O–H groups in total. The number of ether oxygens (including phenoxy) is 1. The van der Waals surface area contributed by atoms with Crippen LogP contribution in [0.25, 0.3) is 0 Å². The van der Waals surface area contributed by atoms with Crippen molar-refractivity contribution in [3.05, 3.63) is 0 Å². The van der Waals surface area contributed by atoms with Crippen LogP contribution in [0.2, 0.25) is 0 Å². The largest absolute Gasteiger partial charge is 0.379 e. The molecule has 3 unspecified atom stereocenters. The molecule has 0 aromatic heterocycles. The smallest absolute Gasteiger partial charge is 0.224 e. The molecule has 0 aromatic carbocycles. The molecule has 1 amide bonds. The molecule has 15 heavy (non-hydrogen) atoms. The van der Waals surface area contributed by atoms with Gasteiger partial charge in [-0.2, -0.15) is 0 Å². The van der Waals surface area contributed by atoms with Crippen LogP contribution in [0.3, 0.4) is 0 Å². The Bertz CT molecular complexity index is 227. The molecule has 0 aromatic rings. The van der Waals surface area contributed by atoms with Crippen LogP contribution in [0.15, 0.2) is 0 Å². The highest BCUT2D eigenvalue weighted by Gasteiger charge is 2.30. The molecule has 0 radical (unpaired) electrons. The Morgan fingerprint density at radius 1 is 1.27 bits per heavy atom. The predicted octanol–water partition coefficient (Wildman–Crippen LogP) is 0.409. The summed E-state index contributed by atoms with van der Waals surface area (Å²) >= 11 is 0. The minimum absolute atomic E-state index is 0.0272. The molecular formula is C11H20N2O2. The second-order valence-electron chi connectivity index (χ2n) is 4.62. The standard InChI is InChI=1S/C11H20N2O2/c12-10-4-2-1-3-9(10)11(14)13-8-5-6-15-7-8/h8-10H,1-7,12H2,(H,13,14). The van der Waals surface area contributed by atoms with Crippen LogP contribution in [0.5, 0.6) is 0 Å². The van der Waals surface area contributed by atoms with Gasteiger partial charge in [-0.25, -0.2) is 0 Å². The summed E-state index contributed by atoms with van der Waals surface area (Å²) < 4.78 is 5.23. The van der Waals surface area contributed by atoms with Crippen molar-refractivity contribution in [2.24, 2.45) is 11.7 Å². The fourth-order valence-corrected chi connectivity index (χ4v) is 2.44. The van der Waals surface area contributed by atoms with E-state index in [1.54, 1.807) is 0 Å². The number of carbonyl (C=O) groups excluding carboxylic acids is 1. The maximum atomic E-state index is 11.9. The Morgan fingerprint density at radius 3 is 2.73 bits per heavy atom. The topological polar surface area (TPSA) is 64.4 Å². The number of hydrogen-bond donors (Lipinski definition) is 2. The van der Waals surface area contributed by atoms with Crippen LogP contribution in [0, 0.1) is 5.92 Å². The fourth-order valence-electron chi connectivity index (χ4n) is 2.44. The maximum absolute atomic E-state index is 11.9. The van der Waals surface area contributed by atoms with Gasteiger partial charge in [0.1, 0.15) is 0 Å². The number of hydrogen-bond acceptors (Lipinski definition) is 3. The van der Waals surface area contributed by atoms with Gasteiger partial charge in [0.15, 0.2) is 0 Å². The first kappa shape index (κ1) is 10.9. The highest BCUT2D eigenvalue weighted by Crippen LogP contribution is 2.23. The van der Waals surface area contributed by atoms with Crippen molar-refractivity contribution >= 4 is 5.91 Å². The van der Waals surface area contributed by atoms with Gasteiger partial charge in [-0.05, 0) is 19.3 Å². The van der Waals surface area contributed by atoms with E-state index in [2.05, 4.69) is 5.32 Å². The molecular weight excluding hydrogens is 192 g/mol. The van der Waals surface area contributed by atoms with Gasteiger partial charge in [-0.15, -0.1) is 0 Å². The molecule has 1 heterocycles. The Hall–Kier alpha value is -0.610. The van der Waals surface area contributed by atoms with E-state index in [0.29, 0.717) is 6.61 Å². The number of amides is 1. The molecule has 1 aliphatic carbocycles. The van der Waals surface area contributed by atoms with Crippen molar-refractivity contribution in [3.8, 4) is 0 Å². The zero-order valence-electron chi connectivity index (χ0n) is 9.08. The minimum Gasteiger partial charge on any atom is -0.379 e. The van der Waals surface area contributed by atoms with Crippen LogP contribution in [0.1, 0.15) is 32.1 Å². The molecule has 0 spiro atoms. The van der Waals surface area contributed by atoms with Crippen molar-refractivity contribution in [1.82, 2.24) is 5.32 Å². The fraction of sp³-hybridized carbons (Fsp3) is 0.909. The first-order valence-electron chi connectivity index (χ1n) is 5.91. The lowest BCUT2D eigenvalue weighted by atomic mass is 9.84. The molecule has 86 valence electrons. The monoisotopic (exact) mass is 212 g/mol. The molecule has 0 bridgehead atoms. The van der Waals surface area contributed by atoms with Gasteiger partial charge in [-0.3, -0.25) is 4.79 Å². The molecule has 4 heteroatoms. The second kappa shape index (κ2) is 4.94. The number of rotatable bonds is 2. The normalized spacial score (nSPS) is 36.5. The second-order valence-corrected chi connectivity index (χ2v) is 4.62. The number of carbonyl (C=O) groups is 1. The molecule has 2 rings (SSSR count). The van der Waals surface area contributed by atoms with Crippen LogP contribution in [-0.4, -0.2) is 31.2 Å². The third-order valence-electron chi connectivity index (χ3n) is 3.43. The summed E-state index contributed by atoms with van der Waals surface area (Å²) in [6.45, 7) is 1.43. The summed E-state index contributed by atoms with van der Waals surface area (Å²) in [5.41, 5.74) is 5.96. The molecule has 3 atom stereocenters. The summed E-state index contributed by atoms with van der Waals surface area (Å²) in [5.74, 6) is 0.164. The Labute approximate surface area is 90.5 Å². The van der Waals surface area contributed by atoms with Crippen molar-refractivity contribution in [2.75, 3.05) is 13.2 Å². The van der Waals surface area contributed by atoms with E-state index < -0.39 is 0 Å². The van der Waals surface area contributed by atoms with Crippen molar-refractivity contribution in [3.63, 3.8) is 0 Å². The van der Waals surface area contributed by atoms with Crippen molar-refractivity contribution in [2.45, 2.75) is 44.2 Å². The van der Waals surface area contributed by atoms with Gasteiger partial charge in [0.25, 0.3) is 0 Å². The van der Waals surface area contributed by atoms with Crippen LogP contribution in [0.4, 0.5) is 0 Å². The van der Waals surface area contributed by atoms with Gasteiger partial charge in [0.2, 0.25) is 5.91 Å². The van der Waals surface area contributed by atoms with E-state index in [4.69, 9.17) is 10.5 Å². The van der Waals surface area contributed by atoms with Gasteiger partial charge in [-0.1, -0.05) is 12.8 Å². The maximum Gasteiger partial charge on any atom is 0.224 e.